The maximum atomic E-state index is 11.1. The van der Waals surface area contributed by atoms with Gasteiger partial charge in [0.05, 0.1) is 6.04 Å². The number of hydrogen-bond donors (Lipinski definition) is 1. The number of benzene rings is 1. The molecule has 1 atom stereocenters. The predicted molar refractivity (Wildman–Crippen MR) is 68.0 cm³/mol. The summed E-state index contributed by atoms with van der Waals surface area (Å²) in [4.78, 5) is 11.1. The van der Waals surface area contributed by atoms with Crippen molar-refractivity contribution in [3.8, 4) is 0 Å². The van der Waals surface area contributed by atoms with Crippen molar-refractivity contribution in [2.24, 2.45) is 0 Å². The molecule has 1 aromatic rings. The Hall–Kier alpha value is -1.87. The van der Waals surface area contributed by atoms with Crippen molar-refractivity contribution in [2.75, 3.05) is 6.54 Å². The fraction of sp³-hybridized carbons (Fsp3) is 0.214. The van der Waals surface area contributed by atoms with Crippen LogP contribution in [0, 0.1) is 0 Å². The maximum Gasteiger partial charge on any atom is 0.148 e. The second kappa shape index (κ2) is 5.46. The largest absolute Gasteiger partial charge is 0.304 e. The van der Waals surface area contributed by atoms with Crippen molar-refractivity contribution in [2.45, 2.75) is 13.0 Å². The van der Waals surface area contributed by atoms with Crippen molar-refractivity contribution in [3.05, 3.63) is 59.8 Å². The molecule has 1 heterocycles. The van der Waals surface area contributed by atoms with Crippen LogP contribution in [0.5, 0.6) is 0 Å². The number of hydrogen-bond acceptors (Lipinski definition) is 3. The minimum Gasteiger partial charge on any atom is -0.304 e. The summed E-state index contributed by atoms with van der Waals surface area (Å²) in [6, 6.07) is 9.97. The molecule has 0 fully saturated rings. The molecule has 17 heavy (non-hydrogen) atoms. The van der Waals surface area contributed by atoms with Crippen LogP contribution in [0.25, 0.3) is 0 Å². The number of rotatable bonds is 4. The molecular weight excluding hydrogens is 212 g/mol. The second-order valence-electron chi connectivity index (χ2n) is 3.86. The van der Waals surface area contributed by atoms with E-state index < -0.39 is 0 Å². The van der Waals surface area contributed by atoms with Gasteiger partial charge in [-0.2, -0.15) is 0 Å². The van der Waals surface area contributed by atoms with Crippen LogP contribution in [-0.2, 0) is 4.79 Å². The molecule has 1 N–H and O–H groups in total. The lowest BCUT2D eigenvalue weighted by Crippen LogP contribution is -2.38. The molecule has 0 aliphatic carbocycles. The van der Waals surface area contributed by atoms with Gasteiger partial charge in [0.25, 0.3) is 0 Å². The summed E-state index contributed by atoms with van der Waals surface area (Å²) < 4.78 is 0. The van der Waals surface area contributed by atoms with Crippen LogP contribution >= 0.6 is 0 Å². The lowest BCUT2D eigenvalue weighted by Gasteiger charge is -2.33. The van der Waals surface area contributed by atoms with Gasteiger partial charge in [-0.25, -0.2) is 5.43 Å². The zero-order valence-corrected chi connectivity index (χ0v) is 9.84. The maximum absolute atomic E-state index is 11.1. The molecule has 3 heteroatoms. The number of nitrogens with one attached hydrogen (secondary N) is 1. The number of aldehydes is 1. The summed E-state index contributed by atoms with van der Waals surface area (Å²) >= 11 is 0. The van der Waals surface area contributed by atoms with E-state index in [4.69, 9.17) is 0 Å². The minimum absolute atomic E-state index is 0.0429. The highest BCUT2D eigenvalue weighted by Gasteiger charge is 2.23. The third-order valence-electron chi connectivity index (χ3n) is 2.72. The summed E-state index contributed by atoms with van der Waals surface area (Å²) in [6.45, 7) is 2.86. The van der Waals surface area contributed by atoms with Crippen LogP contribution in [0.2, 0.25) is 0 Å². The Morgan fingerprint density at radius 3 is 2.76 bits per heavy atom. The zero-order valence-electron chi connectivity index (χ0n) is 9.84. The van der Waals surface area contributed by atoms with Crippen LogP contribution in [0.3, 0.4) is 0 Å². The highest BCUT2D eigenvalue weighted by atomic mass is 16.1. The first-order valence-electron chi connectivity index (χ1n) is 5.77. The summed E-state index contributed by atoms with van der Waals surface area (Å²) in [6.07, 6.45) is 6.62. The van der Waals surface area contributed by atoms with Gasteiger partial charge in [0.1, 0.15) is 6.29 Å². The van der Waals surface area contributed by atoms with E-state index in [0.29, 0.717) is 0 Å². The molecule has 88 valence electrons. The monoisotopic (exact) mass is 228 g/mol. The third-order valence-corrected chi connectivity index (χ3v) is 2.72. The van der Waals surface area contributed by atoms with Gasteiger partial charge in [-0.05, 0) is 11.6 Å². The molecule has 0 radical (unpaired) electrons. The average molecular weight is 228 g/mol. The normalized spacial score (nSPS) is 19.0. The van der Waals surface area contributed by atoms with E-state index >= 15 is 0 Å². The lowest BCUT2D eigenvalue weighted by atomic mass is 9.97. The second-order valence-corrected chi connectivity index (χ2v) is 3.86. The SMILES string of the molecule is CCNN1C=CC=C(C=O)C1c1ccccc1. The van der Waals surface area contributed by atoms with Crippen molar-refractivity contribution in [1.29, 1.82) is 0 Å². The zero-order chi connectivity index (χ0) is 12.1. The predicted octanol–water partition coefficient (Wildman–Crippen LogP) is 2.21. The first-order chi connectivity index (χ1) is 8.36. The van der Waals surface area contributed by atoms with Crippen LogP contribution < -0.4 is 5.43 Å². The molecule has 0 saturated carbocycles. The van der Waals surface area contributed by atoms with Gasteiger partial charge in [0.15, 0.2) is 0 Å². The average Bonchev–Trinajstić information content (AvgIpc) is 2.40. The standard InChI is InChI=1S/C14H16N2O/c1-2-15-16-10-6-9-13(11-17)14(16)12-7-4-3-5-8-12/h3-11,14-15H,2H2,1H3. The van der Waals surface area contributed by atoms with E-state index in [1.807, 2.05) is 60.6 Å². The van der Waals surface area contributed by atoms with Gasteiger partial charge in [-0.15, -0.1) is 0 Å². The first-order valence-corrected chi connectivity index (χ1v) is 5.77. The Balaban J connectivity index is 2.34. The fourth-order valence-electron chi connectivity index (χ4n) is 2.00. The number of carbonyl (C=O) groups excluding carboxylic acids is 1. The van der Waals surface area contributed by atoms with Gasteiger partial charge in [0.2, 0.25) is 0 Å². The molecule has 0 bridgehead atoms. The molecule has 0 saturated heterocycles. The molecule has 1 aliphatic heterocycles. The Kier molecular flexibility index (Phi) is 3.73. The van der Waals surface area contributed by atoms with Gasteiger partial charge in [-0.1, -0.05) is 43.3 Å². The van der Waals surface area contributed by atoms with Gasteiger partial charge in [-0.3, -0.25) is 4.79 Å². The molecular formula is C14H16N2O. The molecule has 1 aliphatic rings. The Morgan fingerprint density at radius 1 is 1.35 bits per heavy atom. The molecule has 3 nitrogen and oxygen atoms in total. The van der Waals surface area contributed by atoms with E-state index in [0.717, 1.165) is 24.0 Å². The van der Waals surface area contributed by atoms with Gasteiger partial charge < -0.3 is 5.01 Å². The molecule has 2 rings (SSSR count). The molecule has 0 amide bonds. The van der Waals surface area contributed by atoms with Crippen LogP contribution in [0.15, 0.2) is 54.3 Å². The Bertz CT molecular complexity index is 437. The number of nitrogens with zero attached hydrogens (tertiary/aromatic N) is 1. The fourth-order valence-corrected chi connectivity index (χ4v) is 2.00. The topological polar surface area (TPSA) is 32.3 Å². The highest BCUT2D eigenvalue weighted by Crippen LogP contribution is 2.28. The molecule has 0 aromatic heterocycles. The minimum atomic E-state index is -0.0429. The number of carbonyl (C=O) groups is 1. The van der Waals surface area contributed by atoms with Crippen LogP contribution in [0.4, 0.5) is 0 Å². The summed E-state index contributed by atoms with van der Waals surface area (Å²) in [5, 5.41) is 1.97. The number of hydrazine groups is 1. The highest BCUT2D eigenvalue weighted by molar-refractivity contribution is 5.77. The van der Waals surface area contributed by atoms with Crippen molar-refractivity contribution in [1.82, 2.24) is 10.4 Å². The van der Waals surface area contributed by atoms with Gasteiger partial charge >= 0.3 is 0 Å². The van der Waals surface area contributed by atoms with Crippen molar-refractivity contribution >= 4 is 6.29 Å². The quantitative estimate of drug-likeness (QED) is 0.802. The summed E-state index contributed by atoms with van der Waals surface area (Å²) in [5.41, 5.74) is 5.12. The van der Waals surface area contributed by atoms with Crippen LogP contribution in [0.1, 0.15) is 18.5 Å². The smallest absolute Gasteiger partial charge is 0.148 e. The van der Waals surface area contributed by atoms with Crippen molar-refractivity contribution < 1.29 is 4.79 Å². The lowest BCUT2D eigenvalue weighted by molar-refractivity contribution is -0.105. The summed E-state index contributed by atoms with van der Waals surface area (Å²) in [5.74, 6) is 0. The Labute approximate surface area is 101 Å². The van der Waals surface area contributed by atoms with E-state index in [9.17, 15) is 4.79 Å². The van der Waals surface area contributed by atoms with Crippen molar-refractivity contribution in [3.63, 3.8) is 0 Å². The molecule has 1 unspecified atom stereocenters. The third kappa shape index (κ3) is 2.45. The van der Waals surface area contributed by atoms with Gasteiger partial charge in [0, 0.05) is 18.3 Å². The summed E-state index contributed by atoms with van der Waals surface area (Å²) in [7, 11) is 0. The Morgan fingerprint density at radius 2 is 2.12 bits per heavy atom. The van der Waals surface area contributed by atoms with E-state index in [1.165, 1.54) is 0 Å². The molecule has 0 spiro atoms. The van der Waals surface area contributed by atoms with E-state index in [-0.39, 0.29) is 6.04 Å². The van der Waals surface area contributed by atoms with E-state index in [1.54, 1.807) is 0 Å². The molecule has 1 aromatic carbocycles. The first kappa shape index (κ1) is 11.6. The number of allylic oxidation sites excluding steroid dienone is 2. The van der Waals surface area contributed by atoms with Crippen LogP contribution in [-0.4, -0.2) is 17.8 Å². The van der Waals surface area contributed by atoms with E-state index in [2.05, 4.69) is 5.43 Å².